The number of hydrogen-bond donors (Lipinski definition) is 5. The van der Waals surface area contributed by atoms with Crippen molar-refractivity contribution in [1.29, 1.82) is 0 Å². The van der Waals surface area contributed by atoms with E-state index in [1.807, 2.05) is 4.90 Å². The maximum absolute atomic E-state index is 11.8. The molecule has 0 unspecified atom stereocenters. The summed E-state index contributed by atoms with van der Waals surface area (Å²) in [5.41, 5.74) is 5.82. The van der Waals surface area contributed by atoms with Crippen molar-refractivity contribution in [2.45, 2.75) is 25.3 Å². The molecule has 1 aromatic rings. The summed E-state index contributed by atoms with van der Waals surface area (Å²) in [7, 11) is 0. The van der Waals surface area contributed by atoms with E-state index in [1.165, 1.54) is 0 Å². The number of aliphatic hydroxyl groups is 2. The van der Waals surface area contributed by atoms with E-state index in [4.69, 9.17) is 5.73 Å². The minimum absolute atomic E-state index is 0.0702. The molecule has 1 aliphatic heterocycles. The first kappa shape index (κ1) is 14.2. The second-order valence-electron chi connectivity index (χ2n) is 5.81. The van der Waals surface area contributed by atoms with E-state index in [1.54, 1.807) is 0 Å². The van der Waals surface area contributed by atoms with Gasteiger partial charge in [-0.25, -0.2) is 0 Å². The van der Waals surface area contributed by atoms with Gasteiger partial charge in [-0.3, -0.25) is 9.78 Å². The molecule has 0 bridgehead atoms. The summed E-state index contributed by atoms with van der Waals surface area (Å²) in [6.45, 7) is 0.694. The maximum Gasteiger partial charge on any atom is 0.277 e. The first-order valence-electron chi connectivity index (χ1n) is 7.26. The molecule has 0 spiro atoms. The molecule has 8 heteroatoms. The summed E-state index contributed by atoms with van der Waals surface area (Å²) in [6.07, 6.45) is 2.53. The minimum Gasteiger partial charge on any atom is -0.396 e. The molecule has 0 amide bonds. The summed E-state index contributed by atoms with van der Waals surface area (Å²) in [5.74, 6) is 0.922. The van der Waals surface area contributed by atoms with Gasteiger partial charge in [-0.1, -0.05) is 0 Å². The van der Waals surface area contributed by atoms with Gasteiger partial charge in [0, 0.05) is 19.3 Å². The van der Waals surface area contributed by atoms with Crippen molar-refractivity contribution in [2.24, 2.45) is 11.8 Å². The number of fused-ring (bicyclic) bond motifs is 1. The summed E-state index contributed by atoms with van der Waals surface area (Å²) in [4.78, 5) is 20.6. The Hall–Kier alpha value is -1.80. The maximum atomic E-state index is 11.8. The summed E-state index contributed by atoms with van der Waals surface area (Å²) in [5, 5.41) is 21.9. The normalized spacial score (nSPS) is 28.3. The largest absolute Gasteiger partial charge is 0.396 e. The van der Waals surface area contributed by atoms with Crippen molar-refractivity contribution < 1.29 is 10.2 Å². The lowest BCUT2D eigenvalue weighted by Crippen LogP contribution is -2.43. The average Bonchev–Trinajstić information content (AvgIpc) is 2.90. The number of nitrogens with zero attached hydrogens (tertiary/aromatic N) is 2. The van der Waals surface area contributed by atoms with Crippen LogP contribution >= 0.6 is 0 Å². The van der Waals surface area contributed by atoms with Crippen LogP contribution in [0.4, 0.5) is 17.5 Å². The van der Waals surface area contributed by atoms with E-state index in [-0.39, 0.29) is 42.6 Å². The van der Waals surface area contributed by atoms with Crippen molar-refractivity contribution >= 4 is 17.5 Å². The number of nitrogens with two attached hydrogens (primary N) is 1. The molecule has 2 aliphatic rings. The standard InChI is InChI=1S/C13H21N5O3/c14-13-16-11-10(12(21)17-13)15-6-18(11)9-2-1-7(4-19)8(3-9)5-20/h7-9,15,19-20H,1-6H2,(H3,14,16,17,21)/t7-,8-,9+/m1/s1. The van der Waals surface area contributed by atoms with Crippen LogP contribution in [0.5, 0.6) is 0 Å². The van der Waals surface area contributed by atoms with Gasteiger partial charge in [-0.2, -0.15) is 4.98 Å². The van der Waals surface area contributed by atoms with Crippen molar-refractivity contribution in [3.63, 3.8) is 0 Å². The smallest absolute Gasteiger partial charge is 0.277 e. The molecule has 1 fully saturated rings. The Morgan fingerprint density at radius 2 is 2.05 bits per heavy atom. The highest BCUT2D eigenvalue weighted by Gasteiger charge is 2.36. The number of nitrogens with one attached hydrogen (secondary N) is 2. The number of H-pyrrole nitrogens is 1. The molecule has 6 N–H and O–H groups in total. The van der Waals surface area contributed by atoms with Gasteiger partial charge >= 0.3 is 0 Å². The molecule has 21 heavy (non-hydrogen) atoms. The molecular weight excluding hydrogens is 274 g/mol. The number of anilines is 3. The van der Waals surface area contributed by atoms with Gasteiger partial charge in [0.05, 0.1) is 6.67 Å². The predicted molar refractivity (Wildman–Crippen MR) is 79.0 cm³/mol. The topological polar surface area (TPSA) is 128 Å². The lowest BCUT2D eigenvalue weighted by molar-refractivity contribution is 0.0785. The Bertz CT molecular complexity index is 575. The van der Waals surface area contributed by atoms with Crippen LogP contribution in [0.2, 0.25) is 0 Å². The van der Waals surface area contributed by atoms with Crippen molar-refractivity contribution in [2.75, 3.05) is 35.8 Å². The number of aromatic amines is 1. The van der Waals surface area contributed by atoms with Gasteiger partial charge < -0.3 is 26.2 Å². The van der Waals surface area contributed by atoms with Gasteiger partial charge in [0.1, 0.15) is 5.69 Å². The van der Waals surface area contributed by atoms with Crippen LogP contribution in [0.15, 0.2) is 4.79 Å². The molecule has 0 aromatic carbocycles. The molecule has 0 saturated heterocycles. The van der Waals surface area contributed by atoms with E-state index < -0.39 is 0 Å². The van der Waals surface area contributed by atoms with Crippen LogP contribution in [0.3, 0.4) is 0 Å². The van der Waals surface area contributed by atoms with Crippen molar-refractivity contribution in [3.8, 4) is 0 Å². The third-order valence-electron chi connectivity index (χ3n) is 4.64. The highest BCUT2D eigenvalue weighted by Crippen LogP contribution is 2.37. The molecule has 8 nitrogen and oxygen atoms in total. The van der Waals surface area contributed by atoms with E-state index in [0.29, 0.717) is 18.2 Å². The molecule has 1 aromatic heterocycles. The Balaban J connectivity index is 1.83. The molecule has 1 saturated carbocycles. The predicted octanol–water partition coefficient (Wildman–Crippen LogP) is -0.689. The molecule has 3 rings (SSSR count). The fraction of sp³-hybridized carbons (Fsp3) is 0.692. The molecular formula is C13H21N5O3. The fourth-order valence-electron chi connectivity index (χ4n) is 3.44. The fourth-order valence-corrected chi connectivity index (χ4v) is 3.44. The zero-order valence-corrected chi connectivity index (χ0v) is 11.7. The summed E-state index contributed by atoms with van der Waals surface area (Å²) >= 11 is 0. The Kier molecular flexibility index (Phi) is 3.73. The number of aromatic nitrogens is 2. The van der Waals surface area contributed by atoms with Crippen LogP contribution in [0.1, 0.15) is 19.3 Å². The first-order chi connectivity index (χ1) is 10.1. The van der Waals surface area contributed by atoms with Gasteiger partial charge in [0.2, 0.25) is 5.95 Å². The molecule has 3 atom stereocenters. The first-order valence-corrected chi connectivity index (χ1v) is 7.26. The van der Waals surface area contributed by atoms with Crippen LogP contribution in [0.25, 0.3) is 0 Å². The van der Waals surface area contributed by atoms with E-state index in [2.05, 4.69) is 15.3 Å². The van der Waals surface area contributed by atoms with Crippen molar-refractivity contribution in [1.82, 2.24) is 9.97 Å². The minimum atomic E-state index is -0.261. The van der Waals surface area contributed by atoms with Crippen LogP contribution < -0.4 is 21.5 Å². The highest BCUT2D eigenvalue weighted by atomic mass is 16.3. The van der Waals surface area contributed by atoms with E-state index >= 15 is 0 Å². The SMILES string of the molecule is Nc1nc2c(c(=O)[nH]1)NCN2[C@H]1CC[C@H](CO)[C@@H](CO)C1. The third-order valence-corrected chi connectivity index (χ3v) is 4.64. The second-order valence-corrected chi connectivity index (χ2v) is 5.81. The highest BCUT2D eigenvalue weighted by molar-refractivity contribution is 5.71. The molecule has 116 valence electrons. The number of nitrogen functional groups attached to an aromatic ring is 1. The lowest BCUT2D eigenvalue weighted by atomic mass is 9.77. The molecule has 0 radical (unpaired) electrons. The summed E-state index contributed by atoms with van der Waals surface area (Å²) < 4.78 is 0. The second kappa shape index (κ2) is 5.53. The quantitative estimate of drug-likeness (QED) is 0.499. The van der Waals surface area contributed by atoms with Crippen LogP contribution in [0, 0.1) is 11.8 Å². The van der Waals surface area contributed by atoms with Crippen LogP contribution in [-0.4, -0.2) is 46.1 Å². The summed E-state index contributed by atoms with van der Waals surface area (Å²) in [6, 6.07) is 0.187. The number of hydrogen-bond acceptors (Lipinski definition) is 7. The third kappa shape index (κ3) is 2.44. The molecule has 2 heterocycles. The Labute approximate surface area is 122 Å². The van der Waals surface area contributed by atoms with E-state index in [9.17, 15) is 15.0 Å². The Morgan fingerprint density at radius 3 is 2.76 bits per heavy atom. The zero-order chi connectivity index (χ0) is 15.0. The number of aliphatic hydroxyl groups excluding tert-OH is 2. The van der Waals surface area contributed by atoms with Crippen LogP contribution in [-0.2, 0) is 0 Å². The average molecular weight is 295 g/mol. The van der Waals surface area contributed by atoms with Gasteiger partial charge in [0.15, 0.2) is 5.82 Å². The zero-order valence-electron chi connectivity index (χ0n) is 11.7. The lowest BCUT2D eigenvalue weighted by Gasteiger charge is -2.39. The van der Waals surface area contributed by atoms with Gasteiger partial charge in [0.25, 0.3) is 5.56 Å². The van der Waals surface area contributed by atoms with E-state index in [0.717, 1.165) is 19.3 Å². The van der Waals surface area contributed by atoms with Gasteiger partial charge in [-0.05, 0) is 31.1 Å². The monoisotopic (exact) mass is 295 g/mol. The number of rotatable bonds is 3. The van der Waals surface area contributed by atoms with Gasteiger partial charge in [-0.15, -0.1) is 0 Å². The Morgan fingerprint density at radius 1 is 1.29 bits per heavy atom. The molecule has 1 aliphatic carbocycles. The van der Waals surface area contributed by atoms with Crippen molar-refractivity contribution in [3.05, 3.63) is 10.4 Å².